The van der Waals surface area contributed by atoms with Crippen LogP contribution < -0.4 is 9.47 Å². The van der Waals surface area contributed by atoms with Gasteiger partial charge in [-0.1, -0.05) is 0 Å². The fourth-order valence-electron chi connectivity index (χ4n) is 3.61. The van der Waals surface area contributed by atoms with E-state index in [1.54, 1.807) is 19.2 Å². The molecule has 0 bridgehead atoms. The van der Waals surface area contributed by atoms with Crippen LogP contribution in [0.5, 0.6) is 11.6 Å². The maximum absolute atomic E-state index is 8.84. The molecule has 1 aromatic heterocycles. The van der Waals surface area contributed by atoms with E-state index in [9.17, 15) is 0 Å². The Morgan fingerprint density at radius 1 is 1.32 bits per heavy atom. The molecule has 0 radical (unpaired) electrons. The van der Waals surface area contributed by atoms with Gasteiger partial charge in [0.2, 0.25) is 5.88 Å². The molecule has 3 rings (SSSR count). The zero-order valence-electron chi connectivity index (χ0n) is 15.0. The second-order valence-electron chi connectivity index (χ2n) is 6.31. The van der Waals surface area contributed by atoms with Gasteiger partial charge in [0, 0.05) is 19.6 Å². The highest BCUT2D eigenvalue weighted by atomic mass is 16.5. The van der Waals surface area contributed by atoms with E-state index >= 15 is 0 Å². The molecule has 1 saturated heterocycles. The van der Waals surface area contributed by atoms with E-state index in [0.717, 1.165) is 36.8 Å². The first kappa shape index (κ1) is 17.3. The first-order valence-electron chi connectivity index (χ1n) is 8.58. The van der Waals surface area contributed by atoms with E-state index < -0.39 is 0 Å². The van der Waals surface area contributed by atoms with E-state index in [4.69, 9.17) is 14.7 Å². The molecular formula is C19H24N4O2. The first-order valence-corrected chi connectivity index (χ1v) is 8.58. The van der Waals surface area contributed by atoms with Crippen molar-refractivity contribution in [1.29, 1.82) is 5.26 Å². The second-order valence-corrected chi connectivity index (χ2v) is 6.31. The van der Waals surface area contributed by atoms with Crippen LogP contribution >= 0.6 is 0 Å². The average molecular weight is 340 g/mol. The number of methoxy groups -OCH3 is 1. The van der Waals surface area contributed by atoms with E-state index in [-0.39, 0.29) is 0 Å². The van der Waals surface area contributed by atoms with Crippen LogP contribution in [-0.4, -0.2) is 41.5 Å². The van der Waals surface area contributed by atoms with Crippen molar-refractivity contribution < 1.29 is 9.47 Å². The molecule has 2 heterocycles. The van der Waals surface area contributed by atoms with Gasteiger partial charge in [0.25, 0.3) is 0 Å². The number of hydrogen-bond acceptors (Lipinski definition) is 5. The van der Waals surface area contributed by atoms with Crippen molar-refractivity contribution in [3.8, 4) is 17.7 Å². The smallest absolute Gasteiger partial charge is 0.216 e. The maximum Gasteiger partial charge on any atom is 0.216 e. The molecule has 1 fully saturated rings. The summed E-state index contributed by atoms with van der Waals surface area (Å²) in [5.74, 6) is 1.65. The number of benzene rings is 1. The Morgan fingerprint density at radius 3 is 2.76 bits per heavy atom. The molecule has 0 unspecified atom stereocenters. The van der Waals surface area contributed by atoms with Gasteiger partial charge in [-0.15, -0.1) is 0 Å². The first-order chi connectivity index (χ1) is 12.1. The molecular weight excluding hydrogens is 316 g/mol. The largest absolute Gasteiger partial charge is 0.492 e. The Balaban J connectivity index is 1.63. The molecule has 0 spiro atoms. The van der Waals surface area contributed by atoms with Gasteiger partial charge in [0.05, 0.1) is 30.0 Å². The number of aromatic nitrogens is 2. The Kier molecular flexibility index (Phi) is 5.25. The van der Waals surface area contributed by atoms with Crippen LogP contribution in [0, 0.1) is 18.3 Å². The van der Waals surface area contributed by atoms with Crippen LogP contribution in [0.4, 0.5) is 0 Å². The summed E-state index contributed by atoms with van der Waals surface area (Å²) < 4.78 is 13.2. The van der Waals surface area contributed by atoms with E-state index in [1.807, 2.05) is 30.8 Å². The van der Waals surface area contributed by atoms with Crippen LogP contribution in [0.3, 0.4) is 0 Å². The molecule has 1 aliphatic heterocycles. The molecule has 25 heavy (non-hydrogen) atoms. The van der Waals surface area contributed by atoms with Crippen LogP contribution in [0.25, 0.3) is 0 Å². The summed E-state index contributed by atoms with van der Waals surface area (Å²) in [6, 6.07) is 9.68. The highest BCUT2D eigenvalue weighted by Gasteiger charge is 2.31. The quantitative estimate of drug-likeness (QED) is 0.809. The number of rotatable bonds is 6. The summed E-state index contributed by atoms with van der Waals surface area (Å²) in [7, 11) is 3.62. The van der Waals surface area contributed by atoms with Crippen molar-refractivity contribution in [3.05, 3.63) is 41.1 Å². The van der Waals surface area contributed by atoms with E-state index in [1.165, 1.54) is 12.0 Å². The Morgan fingerprint density at radius 2 is 2.08 bits per heavy atom. The van der Waals surface area contributed by atoms with Gasteiger partial charge in [-0.05, 0) is 50.6 Å². The van der Waals surface area contributed by atoms with E-state index in [2.05, 4.69) is 16.1 Å². The number of nitriles is 1. The minimum absolute atomic E-state index is 0.327. The maximum atomic E-state index is 8.84. The van der Waals surface area contributed by atoms with Crippen LogP contribution in [0.2, 0.25) is 0 Å². The van der Waals surface area contributed by atoms with Crippen molar-refractivity contribution in [3.63, 3.8) is 0 Å². The predicted octanol–water partition coefficient (Wildman–Crippen LogP) is 2.82. The lowest BCUT2D eigenvalue weighted by atomic mass is 10.1. The zero-order chi connectivity index (χ0) is 17.8. The third-order valence-corrected chi connectivity index (χ3v) is 4.73. The van der Waals surface area contributed by atoms with Gasteiger partial charge in [0.15, 0.2) is 0 Å². The standard InChI is InChI=1S/C19H24N4O2/c1-14-18(19(24-3)22(2)21-14)17-5-4-10-23(17)11-12-25-16-8-6-15(13-20)7-9-16/h6-9,17H,4-5,10-12H2,1-3H3/t17-/m0/s1. The third-order valence-electron chi connectivity index (χ3n) is 4.73. The Hall–Kier alpha value is -2.52. The third kappa shape index (κ3) is 3.62. The molecule has 0 aliphatic carbocycles. The fourth-order valence-corrected chi connectivity index (χ4v) is 3.61. The molecule has 1 aromatic carbocycles. The van der Waals surface area contributed by atoms with Gasteiger partial charge in [-0.2, -0.15) is 10.4 Å². The number of nitrogens with zero attached hydrogens (tertiary/aromatic N) is 4. The summed E-state index contributed by atoms with van der Waals surface area (Å²) in [5.41, 5.74) is 2.87. The molecule has 0 N–H and O–H groups in total. The lowest BCUT2D eigenvalue weighted by Crippen LogP contribution is -2.28. The normalized spacial score (nSPS) is 17.4. The molecule has 2 aromatic rings. The van der Waals surface area contributed by atoms with Gasteiger partial charge in [-0.3, -0.25) is 4.90 Å². The summed E-state index contributed by atoms with van der Waals surface area (Å²) in [5, 5.41) is 13.4. The fraction of sp³-hybridized carbons (Fsp3) is 0.474. The van der Waals surface area contributed by atoms with Crippen molar-refractivity contribution in [2.24, 2.45) is 7.05 Å². The summed E-state index contributed by atoms with van der Waals surface area (Å²) >= 11 is 0. The van der Waals surface area contributed by atoms with Gasteiger partial charge in [0.1, 0.15) is 12.4 Å². The Labute approximate surface area is 148 Å². The summed E-state index contributed by atoms with van der Waals surface area (Å²) in [6.07, 6.45) is 2.28. The number of likely N-dealkylation sites (tertiary alicyclic amines) is 1. The number of aryl methyl sites for hydroxylation is 2. The molecule has 0 amide bonds. The SMILES string of the molecule is COc1c([C@@H]2CCCN2CCOc2ccc(C#N)cc2)c(C)nn1C. The van der Waals surface area contributed by atoms with Crippen molar-refractivity contribution in [2.45, 2.75) is 25.8 Å². The minimum atomic E-state index is 0.327. The van der Waals surface area contributed by atoms with Gasteiger partial charge in [-0.25, -0.2) is 4.68 Å². The minimum Gasteiger partial charge on any atom is -0.492 e. The average Bonchev–Trinajstić information content (AvgIpc) is 3.18. The van der Waals surface area contributed by atoms with Crippen LogP contribution in [0.15, 0.2) is 24.3 Å². The summed E-state index contributed by atoms with van der Waals surface area (Å²) in [4.78, 5) is 2.44. The highest BCUT2D eigenvalue weighted by molar-refractivity contribution is 5.35. The molecule has 1 atom stereocenters. The Bertz CT molecular complexity index is 761. The van der Waals surface area contributed by atoms with Crippen molar-refractivity contribution in [1.82, 2.24) is 14.7 Å². The monoisotopic (exact) mass is 340 g/mol. The topological polar surface area (TPSA) is 63.3 Å². The number of hydrogen-bond donors (Lipinski definition) is 0. The highest BCUT2D eigenvalue weighted by Crippen LogP contribution is 2.38. The molecule has 1 aliphatic rings. The second kappa shape index (κ2) is 7.58. The van der Waals surface area contributed by atoms with Gasteiger partial charge < -0.3 is 9.47 Å². The van der Waals surface area contributed by atoms with Crippen LogP contribution in [-0.2, 0) is 7.05 Å². The zero-order valence-corrected chi connectivity index (χ0v) is 15.0. The molecule has 6 nitrogen and oxygen atoms in total. The summed E-state index contributed by atoms with van der Waals surface area (Å²) in [6.45, 7) is 4.56. The lowest BCUT2D eigenvalue weighted by Gasteiger charge is -2.25. The van der Waals surface area contributed by atoms with Gasteiger partial charge >= 0.3 is 0 Å². The van der Waals surface area contributed by atoms with Crippen molar-refractivity contribution >= 4 is 0 Å². The number of ether oxygens (including phenoxy) is 2. The van der Waals surface area contributed by atoms with E-state index in [0.29, 0.717) is 18.2 Å². The predicted molar refractivity (Wildman–Crippen MR) is 94.7 cm³/mol. The molecule has 6 heteroatoms. The van der Waals surface area contributed by atoms with Crippen molar-refractivity contribution in [2.75, 3.05) is 26.8 Å². The molecule has 132 valence electrons. The lowest BCUT2D eigenvalue weighted by molar-refractivity contribution is 0.194. The van der Waals surface area contributed by atoms with Crippen LogP contribution in [0.1, 0.15) is 35.7 Å². The molecule has 0 saturated carbocycles.